The van der Waals surface area contributed by atoms with E-state index in [4.69, 9.17) is 0 Å². The van der Waals surface area contributed by atoms with Crippen LogP contribution in [0, 0.1) is 17.6 Å². The fourth-order valence-electron chi connectivity index (χ4n) is 4.61. The quantitative estimate of drug-likeness (QED) is 0.557. The summed E-state index contributed by atoms with van der Waals surface area (Å²) >= 11 is 0. The van der Waals surface area contributed by atoms with Crippen molar-refractivity contribution in [3.05, 3.63) is 47.8 Å². The Morgan fingerprint density at radius 2 is 1.81 bits per heavy atom. The van der Waals surface area contributed by atoms with E-state index in [0.717, 1.165) is 54.6 Å². The van der Waals surface area contributed by atoms with Gasteiger partial charge in [0.1, 0.15) is 11.7 Å². The maximum Gasteiger partial charge on any atom is 0.233 e. The van der Waals surface area contributed by atoms with Crippen molar-refractivity contribution in [2.24, 2.45) is 16.3 Å². The second kappa shape index (κ2) is 10.5. The molecule has 3 heterocycles. The zero-order valence-electron chi connectivity index (χ0n) is 21.9. The van der Waals surface area contributed by atoms with E-state index < -0.39 is 33.4 Å². The van der Waals surface area contributed by atoms with Crippen LogP contribution in [0.2, 0.25) is 0 Å². The summed E-state index contributed by atoms with van der Waals surface area (Å²) in [6.07, 6.45) is 3.50. The van der Waals surface area contributed by atoms with Gasteiger partial charge < -0.3 is 4.90 Å². The molecule has 1 aromatic carbocycles. The van der Waals surface area contributed by atoms with Crippen LogP contribution in [0.5, 0.6) is 0 Å². The molecule has 0 saturated carbocycles. The van der Waals surface area contributed by atoms with Crippen LogP contribution in [-0.4, -0.2) is 62.3 Å². The molecule has 1 saturated heterocycles. The van der Waals surface area contributed by atoms with Gasteiger partial charge in [0.25, 0.3) is 0 Å². The Balaban J connectivity index is 1.48. The molecular weight excluding hydrogens is 500 g/mol. The lowest BCUT2D eigenvalue weighted by molar-refractivity contribution is 0.128. The van der Waals surface area contributed by atoms with E-state index in [-0.39, 0.29) is 29.4 Å². The maximum atomic E-state index is 15.3. The molecule has 1 atom stereocenters. The van der Waals surface area contributed by atoms with Gasteiger partial charge in [-0.05, 0) is 44.9 Å². The van der Waals surface area contributed by atoms with Gasteiger partial charge in [-0.3, -0.25) is 14.6 Å². The smallest absolute Gasteiger partial charge is 0.233 e. The Hall–Kier alpha value is -2.86. The van der Waals surface area contributed by atoms with Crippen LogP contribution in [-0.2, 0) is 10.0 Å². The first-order valence-electron chi connectivity index (χ1n) is 12.5. The first-order chi connectivity index (χ1) is 17.3. The highest BCUT2D eigenvalue weighted by Crippen LogP contribution is 2.36. The molecule has 0 bridgehead atoms. The fourth-order valence-corrected chi connectivity index (χ4v) is 6.06. The van der Waals surface area contributed by atoms with E-state index in [0.29, 0.717) is 0 Å². The number of hydrogen-bond acceptors (Lipinski definition) is 8. The van der Waals surface area contributed by atoms with Crippen molar-refractivity contribution in [1.82, 2.24) is 9.88 Å². The molecule has 0 aliphatic carbocycles. The van der Waals surface area contributed by atoms with Crippen LogP contribution in [0.4, 0.5) is 25.8 Å². The van der Waals surface area contributed by atoms with E-state index >= 15 is 4.39 Å². The van der Waals surface area contributed by atoms with Crippen molar-refractivity contribution in [1.29, 1.82) is 0 Å². The minimum absolute atomic E-state index is 0.0962. The molecular formula is C25H35F2N7O2S. The Morgan fingerprint density at radius 3 is 2.46 bits per heavy atom. The standard InChI is InChI=1S/C25H35F2N7O2S/c1-17(2)16-37(35,36)30-21-7-6-20(26)24(23(21)27)34-15-22(29-31-34)18-12-19(14-28-13-18)32-8-10-33(11-9-32)25(3,4)5/h6-7,12-14,17,22,30H,8-11,15-16H2,1-5H3. The topological polar surface area (TPSA) is 93.5 Å². The first kappa shape index (κ1) is 27.2. The van der Waals surface area contributed by atoms with Gasteiger partial charge in [-0.25, -0.2) is 22.2 Å². The summed E-state index contributed by atoms with van der Waals surface area (Å²) in [5.74, 6) is -2.22. The minimum Gasteiger partial charge on any atom is -0.368 e. The lowest BCUT2D eigenvalue weighted by Gasteiger charge is -2.43. The number of hydrogen-bond donors (Lipinski definition) is 1. The van der Waals surface area contributed by atoms with Crippen molar-refractivity contribution < 1.29 is 17.2 Å². The van der Waals surface area contributed by atoms with Gasteiger partial charge in [0, 0.05) is 43.5 Å². The first-order valence-corrected chi connectivity index (χ1v) is 14.1. The number of aromatic nitrogens is 1. The summed E-state index contributed by atoms with van der Waals surface area (Å²) in [4.78, 5) is 9.10. The third-order valence-electron chi connectivity index (χ3n) is 6.51. The summed E-state index contributed by atoms with van der Waals surface area (Å²) in [5.41, 5.74) is 1.11. The molecule has 0 amide bonds. The molecule has 2 aliphatic heterocycles. The van der Waals surface area contributed by atoms with Gasteiger partial charge in [-0.1, -0.05) is 19.1 Å². The molecule has 1 fully saturated rings. The zero-order chi connectivity index (χ0) is 27.0. The third-order valence-corrected chi connectivity index (χ3v) is 8.15. The molecule has 37 heavy (non-hydrogen) atoms. The van der Waals surface area contributed by atoms with Gasteiger partial charge in [0.15, 0.2) is 11.6 Å². The van der Waals surface area contributed by atoms with Crippen LogP contribution in [0.1, 0.15) is 46.2 Å². The Kier molecular flexibility index (Phi) is 7.70. The molecule has 0 spiro atoms. The lowest BCUT2D eigenvalue weighted by atomic mass is 10.0. The van der Waals surface area contributed by atoms with Gasteiger partial charge in [-0.15, -0.1) is 0 Å². The number of anilines is 3. The van der Waals surface area contributed by atoms with Crippen LogP contribution in [0.15, 0.2) is 40.9 Å². The highest BCUT2D eigenvalue weighted by Gasteiger charge is 2.30. The minimum atomic E-state index is -3.79. The van der Waals surface area contributed by atoms with E-state index in [1.807, 2.05) is 12.3 Å². The predicted molar refractivity (Wildman–Crippen MR) is 141 cm³/mol. The highest BCUT2D eigenvalue weighted by molar-refractivity contribution is 7.92. The van der Waals surface area contributed by atoms with Gasteiger partial charge in [-0.2, -0.15) is 5.11 Å². The summed E-state index contributed by atoms with van der Waals surface area (Å²) in [6.45, 7) is 13.8. The molecule has 9 nitrogen and oxygen atoms in total. The van der Waals surface area contributed by atoms with E-state index in [1.165, 1.54) is 0 Å². The largest absolute Gasteiger partial charge is 0.368 e. The normalized spacial score (nSPS) is 19.2. The number of nitrogens with zero attached hydrogens (tertiary/aromatic N) is 6. The van der Waals surface area contributed by atoms with Crippen LogP contribution < -0.4 is 14.6 Å². The summed E-state index contributed by atoms with van der Waals surface area (Å²) in [7, 11) is -3.79. The zero-order valence-corrected chi connectivity index (χ0v) is 22.8. The SMILES string of the molecule is CC(C)CS(=O)(=O)Nc1ccc(F)c(N2CC(c3cncc(N4CCN(C(C)(C)C)CC4)c3)N=N2)c1F. The van der Waals surface area contributed by atoms with Gasteiger partial charge >= 0.3 is 0 Å². The number of pyridine rings is 1. The molecule has 202 valence electrons. The number of halogens is 2. The Morgan fingerprint density at radius 1 is 1.11 bits per heavy atom. The summed E-state index contributed by atoms with van der Waals surface area (Å²) in [5, 5.41) is 9.37. The van der Waals surface area contributed by atoms with Gasteiger partial charge in [0.05, 0.1) is 29.9 Å². The second-order valence-corrected chi connectivity index (χ2v) is 12.7. The van der Waals surface area contributed by atoms with Crippen molar-refractivity contribution >= 4 is 27.1 Å². The molecule has 1 unspecified atom stereocenters. The molecule has 4 rings (SSSR count). The molecule has 2 aromatic rings. The van der Waals surface area contributed by atoms with Crippen molar-refractivity contribution in [3.63, 3.8) is 0 Å². The molecule has 2 aliphatic rings. The number of benzene rings is 1. The number of nitrogens with one attached hydrogen (secondary N) is 1. The third kappa shape index (κ3) is 6.35. The van der Waals surface area contributed by atoms with Gasteiger partial charge in [0.2, 0.25) is 10.0 Å². The van der Waals surface area contributed by atoms with Crippen LogP contribution >= 0.6 is 0 Å². The molecule has 12 heteroatoms. The van der Waals surface area contributed by atoms with Crippen molar-refractivity contribution in [2.75, 3.05) is 53.1 Å². The lowest BCUT2D eigenvalue weighted by Crippen LogP contribution is -2.53. The van der Waals surface area contributed by atoms with Crippen molar-refractivity contribution in [3.8, 4) is 0 Å². The van der Waals surface area contributed by atoms with E-state index in [2.05, 4.69) is 50.6 Å². The van der Waals surface area contributed by atoms with Crippen LogP contribution in [0.3, 0.4) is 0 Å². The monoisotopic (exact) mass is 535 g/mol. The Labute approximate surface area is 217 Å². The molecule has 1 N–H and O–H groups in total. The average molecular weight is 536 g/mol. The highest BCUT2D eigenvalue weighted by atomic mass is 32.2. The average Bonchev–Trinajstić information content (AvgIpc) is 3.30. The fraction of sp³-hybridized carbons (Fsp3) is 0.560. The summed E-state index contributed by atoms with van der Waals surface area (Å²) < 4.78 is 56.8. The Bertz CT molecular complexity index is 1260. The maximum absolute atomic E-state index is 15.3. The predicted octanol–water partition coefficient (Wildman–Crippen LogP) is 4.61. The van der Waals surface area contributed by atoms with Crippen LogP contribution in [0.25, 0.3) is 0 Å². The molecule has 0 radical (unpaired) electrons. The van der Waals surface area contributed by atoms with Crippen molar-refractivity contribution in [2.45, 2.75) is 46.2 Å². The second-order valence-electron chi connectivity index (χ2n) is 11.0. The molecule has 1 aromatic heterocycles. The number of rotatable bonds is 7. The number of piperazine rings is 1. The van der Waals surface area contributed by atoms with E-state index in [1.54, 1.807) is 20.0 Å². The number of sulfonamides is 1. The summed E-state index contributed by atoms with van der Waals surface area (Å²) in [6, 6.07) is 3.62. The van der Waals surface area contributed by atoms with E-state index in [9.17, 15) is 12.8 Å².